The van der Waals surface area contributed by atoms with E-state index in [2.05, 4.69) is 17.1 Å². The zero-order valence-electron chi connectivity index (χ0n) is 21.5. The van der Waals surface area contributed by atoms with Crippen LogP contribution in [-0.4, -0.2) is 68.7 Å². The first-order valence-electron chi connectivity index (χ1n) is 14.1. The molecule has 1 amide bonds. The summed E-state index contributed by atoms with van der Waals surface area (Å²) in [7, 11) is 0. The Hall–Kier alpha value is -1.64. The van der Waals surface area contributed by atoms with Crippen molar-refractivity contribution >= 4 is 17.3 Å². The van der Waals surface area contributed by atoms with Gasteiger partial charge in [0.05, 0.1) is 29.3 Å². The van der Waals surface area contributed by atoms with E-state index >= 15 is 0 Å². The highest BCUT2D eigenvalue weighted by molar-refractivity contribution is 6.00. The standard InChI is InChI=1S/C28H40F3N4O/c1-20-3-2-16-35(20,23-8-12-32-18-23)22-6-7-25(24(17-22)28(29,30)31)34-15-11-27(26(34)36)9-13-33(14-10-27)19-21-4-5-21/h6-7,17,20-21,23,32H,2-5,8-16,18-19H2,1H3/q+1/t20-,23-,35?/m0/s1. The molecule has 1 spiro atoms. The molecular weight excluding hydrogens is 465 g/mol. The lowest BCUT2D eigenvalue weighted by Crippen LogP contribution is -2.59. The maximum Gasteiger partial charge on any atom is 0.418 e. The second-order valence-corrected chi connectivity index (χ2v) is 12.2. The summed E-state index contributed by atoms with van der Waals surface area (Å²) in [6.45, 7) is 8.10. The highest BCUT2D eigenvalue weighted by atomic mass is 19.4. The normalized spacial score (nSPS) is 33.2. The Kier molecular flexibility index (Phi) is 6.16. The van der Waals surface area contributed by atoms with Crippen molar-refractivity contribution in [2.24, 2.45) is 11.3 Å². The molecule has 0 aromatic heterocycles. The number of carbonyl (C=O) groups excluding carboxylic acids is 1. The van der Waals surface area contributed by atoms with E-state index in [9.17, 15) is 18.0 Å². The molecule has 0 bridgehead atoms. The molecule has 6 rings (SSSR count). The monoisotopic (exact) mass is 505 g/mol. The summed E-state index contributed by atoms with van der Waals surface area (Å²) in [6.07, 6.45) is 3.35. The second-order valence-electron chi connectivity index (χ2n) is 12.2. The number of piperidine rings is 1. The van der Waals surface area contributed by atoms with Crippen molar-refractivity contribution in [2.45, 2.75) is 76.6 Å². The van der Waals surface area contributed by atoms with E-state index in [1.807, 2.05) is 6.07 Å². The number of quaternary nitrogens is 1. The van der Waals surface area contributed by atoms with Crippen molar-refractivity contribution in [1.82, 2.24) is 14.7 Å². The maximum atomic E-state index is 14.5. The van der Waals surface area contributed by atoms with E-state index in [4.69, 9.17) is 0 Å². The smallest absolute Gasteiger partial charge is 0.311 e. The number of hydrogen-bond donors (Lipinski definition) is 1. The SMILES string of the molecule is C[C@H]1CCC[N+]1(c1ccc(N2CCC3(CCN(CC4CC4)CC3)C2=O)c(C(F)(F)F)c1)[C@H]1CCNC1. The van der Waals surface area contributed by atoms with Gasteiger partial charge in [-0.1, -0.05) is 0 Å². The number of likely N-dealkylation sites (tertiary alicyclic amines) is 2. The van der Waals surface area contributed by atoms with E-state index < -0.39 is 17.2 Å². The molecule has 5 fully saturated rings. The number of benzene rings is 1. The van der Waals surface area contributed by atoms with Crippen LogP contribution >= 0.6 is 0 Å². The third kappa shape index (κ3) is 4.08. The number of amides is 1. The Bertz CT molecular complexity index is 995. The van der Waals surface area contributed by atoms with E-state index in [0.29, 0.717) is 29.5 Å². The molecule has 36 heavy (non-hydrogen) atoms. The highest BCUT2D eigenvalue weighted by Crippen LogP contribution is 2.49. The van der Waals surface area contributed by atoms with Crippen molar-refractivity contribution in [3.05, 3.63) is 23.8 Å². The van der Waals surface area contributed by atoms with Gasteiger partial charge < -0.3 is 15.1 Å². The summed E-state index contributed by atoms with van der Waals surface area (Å²) in [5.41, 5.74) is -0.310. The van der Waals surface area contributed by atoms with E-state index in [0.717, 1.165) is 83.0 Å². The molecule has 1 N–H and O–H groups in total. The van der Waals surface area contributed by atoms with Crippen LogP contribution in [0.4, 0.5) is 24.5 Å². The van der Waals surface area contributed by atoms with Crippen LogP contribution in [0.25, 0.3) is 0 Å². The van der Waals surface area contributed by atoms with Crippen molar-refractivity contribution < 1.29 is 18.0 Å². The number of nitrogens with one attached hydrogen (secondary N) is 1. The average molecular weight is 506 g/mol. The zero-order valence-corrected chi connectivity index (χ0v) is 21.5. The van der Waals surface area contributed by atoms with Crippen LogP contribution in [0.2, 0.25) is 0 Å². The predicted octanol–water partition coefficient (Wildman–Crippen LogP) is 4.79. The quantitative estimate of drug-likeness (QED) is 0.585. The van der Waals surface area contributed by atoms with Crippen molar-refractivity contribution in [3.63, 3.8) is 0 Å². The first-order chi connectivity index (χ1) is 17.2. The van der Waals surface area contributed by atoms with Gasteiger partial charge in [-0.2, -0.15) is 13.2 Å². The molecule has 4 saturated heterocycles. The van der Waals surface area contributed by atoms with Gasteiger partial charge in [0.25, 0.3) is 0 Å². The molecule has 8 heteroatoms. The first kappa shape index (κ1) is 24.7. The number of anilines is 1. The van der Waals surface area contributed by atoms with Crippen LogP contribution in [0.5, 0.6) is 0 Å². The lowest BCUT2D eigenvalue weighted by atomic mass is 9.77. The van der Waals surface area contributed by atoms with Crippen LogP contribution in [0.15, 0.2) is 18.2 Å². The molecule has 1 aliphatic carbocycles. The first-order valence-corrected chi connectivity index (χ1v) is 14.1. The summed E-state index contributed by atoms with van der Waals surface area (Å²) in [5, 5.41) is 3.43. The van der Waals surface area contributed by atoms with Crippen molar-refractivity contribution in [3.8, 4) is 0 Å². The van der Waals surface area contributed by atoms with E-state index in [-0.39, 0.29) is 11.6 Å². The van der Waals surface area contributed by atoms with Gasteiger partial charge in [-0.25, -0.2) is 0 Å². The summed E-state index contributed by atoms with van der Waals surface area (Å²) < 4.78 is 44.3. The second kappa shape index (κ2) is 8.98. The Morgan fingerprint density at radius 3 is 2.44 bits per heavy atom. The summed E-state index contributed by atoms with van der Waals surface area (Å²) >= 11 is 0. The molecule has 1 unspecified atom stereocenters. The lowest BCUT2D eigenvalue weighted by molar-refractivity contribution is -0.137. The molecule has 198 valence electrons. The topological polar surface area (TPSA) is 35.6 Å². The van der Waals surface area contributed by atoms with Gasteiger partial charge in [0.1, 0.15) is 11.7 Å². The largest absolute Gasteiger partial charge is 0.418 e. The number of carbonyl (C=O) groups is 1. The molecule has 4 heterocycles. The van der Waals surface area contributed by atoms with Gasteiger partial charge in [-0.05, 0) is 64.1 Å². The molecule has 0 radical (unpaired) electrons. The average Bonchev–Trinajstić information content (AvgIpc) is 3.21. The minimum Gasteiger partial charge on any atom is -0.311 e. The van der Waals surface area contributed by atoms with Crippen LogP contribution in [0.1, 0.15) is 63.9 Å². The van der Waals surface area contributed by atoms with Crippen LogP contribution < -0.4 is 14.7 Å². The Morgan fingerprint density at radius 1 is 1.08 bits per heavy atom. The van der Waals surface area contributed by atoms with Crippen LogP contribution in [-0.2, 0) is 11.0 Å². The van der Waals surface area contributed by atoms with Crippen LogP contribution in [0.3, 0.4) is 0 Å². The minimum absolute atomic E-state index is 0.0584. The third-order valence-electron chi connectivity index (χ3n) is 10.2. The number of halogens is 3. The predicted molar refractivity (Wildman–Crippen MR) is 136 cm³/mol. The molecular formula is C28H40F3N4O+. The summed E-state index contributed by atoms with van der Waals surface area (Å²) in [5.74, 6) is 0.720. The van der Waals surface area contributed by atoms with Crippen molar-refractivity contribution in [2.75, 3.05) is 50.7 Å². The fourth-order valence-corrected chi connectivity index (χ4v) is 7.86. The molecule has 1 aromatic rings. The molecule has 4 aliphatic heterocycles. The number of rotatable bonds is 5. The number of nitrogens with zero attached hydrogens (tertiary/aromatic N) is 3. The fraction of sp³-hybridized carbons (Fsp3) is 0.750. The highest BCUT2D eigenvalue weighted by Gasteiger charge is 2.52. The number of hydrogen-bond acceptors (Lipinski definition) is 3. The van der Waals surface area contributed by atoms with Gasteiger partial charge in [0.15, 0.2) is 0 Å². The summed E-state index contributed by atoms with van der Waals surface area (Å²) in [6, 6.07) is 5.50. The van der Waals surface area contributed by atoms with Gasteiger partial charge in [-0.15, -0.1) is 0 Å². The maximum absolute atomic E-state index is 14.5. The van der Waals surface area contributed by atoms with E-state index in [1.54, 1.807) is 6.07 Å². The Balaban J connectivity index is 1.29. The fourth-order valence-electron chi connectivity index (χ4n) is 7.86. The third-order valence-corrected chi connectivity index (χ3v) is 10.2. The molecule has 1 aromatic carbocycles. The zero-order chi connectivity index (χ0) is 25.1. The molecule has 5 nitrogen and oxygen atoms in total. The van der Waals surface area contributed by atoms with Gasteiger partial charge >= 0.3 is 6.18 Å². The van der Waals surface area contributed by atoms with Gasteiger partial charge in [0, 0.05) is 57.6 Å². The molecule has 3 atom stereocenters. The van der Waals surface area contributed by atoms with Crippen molar-refractivity contribution in [1.29, 1.82) is 0 Å². The lowest BCUT2D eigenvalue weighted by Gasteiger charge is -2.43. The van der Waals surface area contributed by atoms with Gasteiger partial charge in [0.2, 0.25) is 5.91 Å². The molecule has 1 saturated carbocycles. The van der Waals surface area contributed by atoms with Crippen LogP contribution in [0, 0.1) is 11.3 Å². The van der Waals surface area contributed by atoms with Gasteiger partial charge in [-0.3, -0.25) is 9.28 Å². The molecule has 5 aliphatic rings. The summed E-state index contributed by atoms with van der Waals surface area (Å²) in [4.78, 5) is 17.6. The Morgan fingerprint density at radius 2 is 1.83 bits per heavy atom. The Labute approximate surface area is 212 Å². The van der Waals surface area contributed by atoms with E-state index in [1.165, 1.54) is 23.8 Å². The number of alkyl halides is 3. The minimum atomic E-state index is -4.50.